The van der Waals surface area contributed by atoms with Crippen LogP contribution in [0.3, 0.4) is 0 Å². The normalized spacial score (nSPS) is 21.1. The molecule has 0 spiro atoms. The first-order valence-electron chi connectivity index (χ1n) is 8.25. The molecule has 4 heteroatoms. The molecule has 1 aliphatic carbocycles. The number of imidazole rings is 1. The summed E-state index contributed by atoms with van der Waals surface area (Å²) in [4.78, 5) is 7.77. The molecule has 112 valence electrons. The molecule has 1 fully saturated rings. The van der Waals surface area contributed by atoms with Crippen molar-refractivity contribution in [3.05, 3.63) is 47.5 Å². The van der Waals surface area contributed by atoms with Crippen LogP contribution in [0.2, 0.25) is 0 Å². The molecule has 1 unspecified atom stereocenters. The predicted octanol–water partition coefficient (Wildman–Crippen LogP) is 3.52. The highest BCUT2D eigenvalue weighted by molar-refractivity contribution is 7.80. The standard InChI is InChI=1S/C18H19N3S/c22-16-4-3-13-9-15(10-14-5-7-21(16)18(13)14)17(12-1-2-12)20-8-6-19-11-20/h6,8-12,17H,1-5,7H2. The van der Waals surface area contributed by atoms with Crippen LogP contribution in [0, 0.1) is 5.92 Å². The summed E-state index contributed by atoms with van der Waals surface area (Å²) in [5.41, 5.74) is 5.91. The van der Waals surface area contributed by atoms with Gasteiger partial charge < -0.3 is 9.47 Å². The Morgan fingerprint density at radius 3 is 2.68 bits per heavy atom. The largest absolute Gasteiger partial charge is 0.335 e. The van der Waals surface area contributed by atoms with Crippen molar-refractivity contribution >= 4 is 22.9 Å². The van der Waals surface area contributed by atoms with Crippen molar-refractivity contribution in [2.24, 2.45) is 5.92 Å². The zero-order valence-corrected chi connectivity index (χ0v) is 13.4. The first-order chi connectivity index (χ1) is 10.8. The number of anilines is 1. The molecule has 3 aliphatic rings. The predicted molar refractivity (Wildman–Crippen MR) is 91.5 cm³/mol. The van der Waals surface area contributed by atoms with Gasteiger partial charge in [0, 0.05) is 31.0 Å². The third-order valence-corrected chi connectivity index (χ3v) is 5.75. The number of hydrogen-bond donors (Lipinski definition) is 0. The van der Waals surface area contributed by atoms with Crippen molar-refractivity contribution in [2.45, 2.75) is 38.1 Å². The summed E-state index contributed by atoms with van der Waals surface area (Å²) in [6.45, 7) is 1.07. The summed E-state index contributed by atoms with van der Waals surface area (Å²) in [6, 6.07) is 5.35. The van der Waals surface area contributed by atoms with E-state index in [1.54, 1.807) is 0 Å². The van der Waals surface area contributed by atoms with Crippen LogP contribution < -0.4 is 4.90 Å². The van der Waals surface area contributed by atoms with Gasteiger partial charge in [-0.15, -0.1) is 0 Å². The van der Waals surface area contributed by atoms with Gasteiger partial charge in [0.05, 0.1) is 17.4 Å². The Morgan fingerprint density at radius 1 is 1.14 bits per heavy atom. The van der Waals surface area contributed by atoms with E-state index in [0.29, 0.717) is 6.04 Å². The minimum Gasteiger partial charge on any atom is -0.335 e. The van der Waals surface area contributed by atoms with Gasteiger partial charge in [-0.2, -0.15) is 0 Å². The lowest BCUT2D eigenvalue weighted by molar-refractivity contribution is 0.519. The Morgan fingerprint density at radius 2 is 1.95 bits per heavy atom. The number of aryl methyl sites for hydroxylation is 1. The number of hydrogen-bond acceptors (Lipinski definition) is 2. The average Bonchev–Trinajstić information content (AvgIpc) is 3.03. The van der Waals surface area contributed by atoms with E-state index >= 15 is 0 Å². The van der Waals surface area contributed by atoms with Gasteiger partial charge in [-0.1, -0.05) is 24.4 Å². The van der Waals surface area contributed by atoms with Crippen LogP contribution in [0.25, 0.3) is 0 Å². The van der Waals surface area contributed by atoms with E-state index in [1.807, 2.05) is 12.5 Å². The summed E-state index contributed by atoms with van der Waals surface area (Å²) in [5.74, 6) is 0.779. The monoisotopic (exact) mass is 309 g/mol. The fraction of sp³-hybridized carbons (Fsp3) is 0.444. The maximum absolute atomic E-state index is 5.55. The van der Waals surface area contributed by atoms with E-state index in [0.717, 1.165) is 36.7 Å². The molecular formula is C18H19N3S. The lowest BCUT2D eigenvalue weighted by Gasteiger charge is -2.29. The van der Waals surface area contributed by atoms with Gasteiger partial charge >= 0.3 is 0 Å². The van der Waals surface area contributed by atoms with Crippen LogP contribution >= 0.6 is 12.2 Å². The fourth-order valence-corrected chi connectivity index (χ4v) is 4.47. The number of thiocarbonyl (C=S) groups is 1. The number of nitrogens with zero attached hydrogens (tertiary/aromatic N) is 3. The second-order valence-electron chi connectivity index (χ2n) is 6.78. The Kier molecular flexibility index (Phi) is 2.71. The quantitative estimate of drug-likeness (QED) is 0.810. The molecule has 5 rings (SSSR count). The van der Waals surface area contributed by atoms with Gasteiger partial charge in [-0.3, -0.25) is 0 Å². The number of aromatic nitrogens is 2. The van der Waals surface area contributed by atoms with E-state index in [9.17, 15) is 0 Å². The zero-order chi connectivity index (χ0) is 14.7. The van der Waals surface area contributed by atoms with Gasteiger partial charge in [0.15, 0.2) is 0 Å². The molecule has 0 N–H and O–H groups in total. The molecule has 3 nitrogen and oxygen atoms in total. The summed E-state index contributed by atoms with van der Waals surface area (Å²) >= 11 is 5.55. The van der Waals surface area contributed by atoms with Crippen LogP contribution in [-0.4, -0.2) is 21.1 Å². The lowest BCUT2D eigenvalue weighted by atomic mass is 9.92. The van der Waals surface area contributed by atoms with Crippen LogP contribution in [0.1, 0.15) is 42.0 Å². The highest BCUT2D eigenvalue weighted by atomic mass is 32.1. The minimum atomic E-state index is 0.465. The maximum Gasteiger partial charge on any atom is 0.0951 e. The summed E-state index contributed by atoms with van der Waals surface area (Å²) in [6.07, 6.45) is 11.9. The fourth-order valence-electron chi connectivity index (χ4n) is 4.19. The molecule has 1 aromatic carbocycles. The first kappa shape index (κ1) is 12.8. The minimum absolute atomic E-state index is 0.465. The van der Waals surface area contributed by atoms with Crippen LogP contribution in [-0.2, 0) is 12.8 Å². The van der Waals surface area contributed by atoms with E-state index < -0.39 is 0 Å². The molecule has 0 saturated heterocycles. The van der Waals surface area contributed by atoms with Crippen molar-refractivity contribution in [3.8, 4) is 0 Å². The number of rotatable bonds is 3. The summed E-state index contributed by atoms with van der Waals surface area (Å²) in [7, 11) is 0. The second kappa shape index (κ2) is 4.66. The molecule has 1 saturated carbocycles. The molecule has 2 aromatic rings. The topological polar surface area (TPSA) is 21.1 Å². The molecule has 0 radical (unpaired) electrons. The maximum atomic E-state index is 5.55. The molecule has 22 heavy (non-hydrogen) atoms. The molecule has 1 atom stereocenters. The average molecular weight is 309 g/mol. The number of benzene rings is 1. The van der Waals surface area contributed by atoms with Gasteiger partial charge in [-0.25, -0.2) is 4.98 Å². The lowest BCUT2D eigenvalue weighted by Crippen LogP contribution is -2.31. The van der Waals surface area contributed by atoms with Crippen molar-refractivity contribution in [3.63, 3.8) is 0 Å². The summed E-state index contributed by atoms with van der Waals surface area (Å²) < 4.78 is 2.30. The molecule has 1 aromatic heterocycles. The van der Waals surface area contributed by atoms with Crippen LogP contribution in [0.5, 0.6) is 0 Å². The molecule has 3 heterocycles. The van der Waals surface area contributed by atoms with Gasteiger partial charge in [-0.05, 0) is 48.3 Å². The van der Waals surface area contributed by atoms with Crippen molar-refractivity contribution in [1.29, 1.82) is 0 Å². The SMILES string of the molecule is S=C1CCc2cc(C(C3CC3)n3ccnc3)cc3c2N1CC3. The second-order valence-corrected chi connectivity index (χ2v) is 7.25. The molecule has 0 bridgehead atoms. The van der Waals surface area contributed by atoms with Crippen molar-refractivity contribution in [2.75, 3.05) is 11.4 Å². The van der Waals surface area contributed by atoms with Crippen molar-refractivity contribution < 1.29 is 0 Å². The first-order valence-corrected chi connectivity index (χ1v) is 8.65. The molecule has 0 amide bonds. The van der Waals surface area contributed by atoms with Crippen LogP contribution in [0.4, 0.5) is 5.69 Å². The highest BCUT2D eigenvalue weighted by Crippen LogP contribution is 2.46. The van der Waals surface area contributed by atoms with Gasteiger partial charge in [0.2, 0.25) is 0 Å². The van der Waals surface area contributed by atoms with E-state index in [-0.39, 0.29) is 0 Å². The van der Waals surface area contributed by atoms with Crippen LogP contribution in [0.15, 0.2) is 30.9 Å². The highest BCUT2D eigenvalue weighted by Gasteiger charge is 2.36. The van der Waals surface area contributed by atoms with E-state index in [2.05, 4.69) is 32.8 Å². The smallest absolute Gasteiger partial charge is 0.0951 e. The van der Waals surface area contributed by atoms with Gasteiger partial charge in [0.25, 0.3) is 0 Å². The molecule has 2 aliphatic heterocycles. The third kappa shape index (κ3) is 1.86. The zero-order valence-electron chi connectivity index (χ0n) is 12.5. The Labute approximate surface area is 136 Å². The Bertz CT molecular complexity index is 746. The Hall–Kier alpha value is -1.68. The van der Waals surface area contributed by atoms with Gasteiger partial charge in [0.1, 0.15) is 0 Å². The summed E-state index contributed by atoms with van der Waals surface area (Å²) in [5, 5.41) is 0. The van der Waals surface area contributed by atoms with E-state index in [4.69, 9.17) is 12.2 Å². The molecular weight excluding hydrogens is 290 g/mol. The third-order valence-electron chi connectivity index (χ3n) is 5.33. The van der Waals surface area contributed by atoms with Crippen molar-refractivity contribution in [1.82, 2.24) is 9.55 Å². The van der Waals surface area contributed by atoms with E-state index in [1.165, 1.54) is 35.2 Å². The Balaban J connectivity index is 1.63.